The number of anilines is 3. The summed E-state index contributed by atoms with van der Waals surface area (Å²) in [6.45, 7) is 3.44. The lowest BCUT2D eigenvalue weighted by atomic mass is 10.00. The predicted octanol–water partition coefficient (Wildman–Crippen LogP) is 5.31. The van der Waals surface area contributed by atoms with E-state index in [0.717, 1.165) is 46.9 Å². The van der Waals surface area contributed by atoms with E-state index in [1.54, 1.807) is 0 Å². The van der Waals surface area contributed by atoms with Gasteiger partial charge in [-0.2, -0.15) is 0 Å². The minimum Gasteiger partial charge on any atom is -0.354 e. The van der Waals surface area contributed by atoms with Crippen LogP contribution in [0.25, 0.3) is 11.3 Å². The smallest absolute Gasteiger partial charge is 0.258 e. The van der Waals surface area contributed by atoms with E-state index < -0.39 is 0 Å². The molecule has 0 unspecified atom stereocenters. The molecule has 6 nitrogen and oxygen atoms in total. The molecule has 0 aliphatic carbocycles. The zero-order valence-electron chi connectivity index (χ0n) is 20.5. The number of para-hydroxylation sites is 1. The van der Waals surface area contributed by atoms with E-state index in [-0.39, 0.29) is 11.8 Å². The molecular formula is C29H32N4O2. The highest BCUT2D eigenvalue weighted by atomic mass is 16.2. The average Bonchev–Trinajstić information content (AvgIpc) is 3.19. The Kier molecular flexibility index (Phi) is 7.63. The number of benzene rings is 3. The quantitative estimate of drug-likeness (QED) is 0.418. The third-order valence-electron chi connectivity index (χ3n) is 5.97. The van der Waals surface area contributed by atoms with Crippen molar-refractivity contribution in [2.75, 3.05) is 42.7 Å². The first-order valence-electron chi connectivity index (χ1n) is 12.0. The molecular weight excluding hydrogens is 436 g/mol. The van der Waals surface area contributed by atoms with Gasteiger partial charge < -0.3 is 20.4 Å². The lowest BCUT2D eigenvalue weighted by Crippen LogP contribution is -2.36. The van der Waals surface area contributed by atoms with Crippen molar-refractivity contribution in [3.05, 3.63) is 90.0 Å². The van der Waals surface area contributed by atoms with E-state index in [4.69, 9.17) is 0 Å². The molecule has 4 rings (SSSR count). The van der Waals surface area contributed by atoms with Gasteiger partial charge in [0.05, 0.1) is 11.3 Å². The Labute approximate surface area is 207 Å². The van der Waals surface area contributed by atoms with Gasteiger partial charge in [0.15, 0.2) is 0 Å². The molecule has 0 aromatic heterocycles. The number of likely N-dealkylation sites (N-methyl/N-ethyl adjacent to an activating group) is 1. The molecule has 180 valence electrons. The average molecular weight is 469 g/mol. The Hall–Kier alpha value is -3.90. The Bertz CT molecular complexity index is 1220. The van der Waals surface area contributed by atoms with Gasteiger partial charge in [0.1, 0.15) is 0 Å². The van der Waals surface area contributed by atoms with Crippen molar-refractivity contribution >= 4 is 40.1 Å². The van der Waals surface area contributed by atoms with E-state index in [0.29, 0.717) is 18.5 Å². The first kappa shape index (κ1) is 24.2. The van der Waals surface area contributed by atoms with Crippen LogP contribution in [0, 0.1) is 0 Å². The summed E-state index contributed by atoms with van der Waals surface area (Å²) in [6, 6.07) is 25.4. The van der Waals surface area contributed by atoms with E-state index in [2.05, 4.69) is 15.5 Å². The Balaban J connectivity index is 1.68. The number of carbonyl (C=O) groups is 2. The molecule has 3 aromatic carbocycles. The zero-order chi connectivity index (χ0) is 24.8. The molecule has 0 atom stereocenters. The molecule has 0 saturated heterocycles. The highest BCUT2D eigenvalue weighted by Crippen LogP contribution is 2.37. The first-order valence-corrected chi connectivity index (χ1v) is 12.0. The van der Waals surface area contributed by atoms with Gasteiger partial charge >= 0.3 is 0 Å². The molecule has 35 heavy (non-hydrogen) atoms. The van der Waals surface area contributed by atoms with Gasteiger partial charge in [-0.05, 0) is 56.4 Å². The van der Waals surface area contributed by atoms with Gasteiger partial charge in [0.2, 0.25) is 5.91 Å². The molecule has 3 aromatic rings. The van der Waals surface area contributed by atoms with Crippen LogP contribution in [0.5, 0.6) is 0 Å². The second kappa shape index (κ2) is 11.0. The number of nitrogens with zero attached hydrogens (tertiary/aromatic N) is 2. The number of rotatable bonds is 9. The lowest BCUT2D eigenvalue weighted by Gasteiger charge is -2.25. The molecule has 0 bridgehead atoms. The Morgan fingerprint density at radius 3 is 2.26 bits per heavy atom. The summed E-state index contributed by atoms with van der Waals surface area (Å²) >= 11 is 0. The summed E-state index contributed by atoms with van der Waals surface area (Å²) in [5.41, 5.74) is 5.67. The van der Waals surface area contributed by atoms with Crippen LogP contribution in [-0.4, -0.2) is 43.9 Å². The van der Waals surface area contributed by atoms with Gasteiger partial charge in [0.25, 0.3) is 5.91 Å². The van der Waals surface area contributed by atoms with Crippen LogP contribution < -0.4 is 15.5 Å². The van der Waals surface area contributed by atoms with Crippen LogP contribution in [0.2, 0.25) is 0 Å². The highest BCUT2D eigenvalue weighted by molar-refractivity contribution is 6.37. The molecule has 0 saturated carbocycles. The standard InChI is InChI=1S/C29H32N4O2/c1-4-10-26(34)33(20-19-32(2)3)23-17-15-22(16-18-23)30-28(21-11-6-5-7-12-21)27-24-13-8-9-14-25(24)31-29(27)35/h5-9,11-18,30H,4,10,19-20H2,1-3H3,(H,31,35). The summed E-state index contributed by atoms with van der Waals surface area (Å²) in [6.07, 6.45) is 1.33. The summed E-state index contributed by atoms with van der Waals surface area (Å²) in [4.78, 5) is 29.7. The van der Waals surface area contributed by atoms with Crippen LogP contribution >= 0.6 is 0 Å². The van der Waals surface area contributed by atoms with E-state index in [1.165, 1.54) is 0 Å². The SMILES string of the molecule is CCCC(=O)N(CCN(C)C)c1ccc(NC(=C2C(=O)Nc3ccccc32)c2ccccc2)cc1. The number of hydrogen-bond acceptors (Lipinski definition) is 4. The van der Waals surface area contributed by atoms with Crippen molar-refractivity contribution in [1.82, 2.24) is 4.90 Å². The fourth-order valence-electron chi connectivity index (χ4n) is 4.16. The summed E-state index contributed by atoms with van der Waals surface area (Å²) in [5.74, 6) is -0.00409. The third-order valence-corrected chi connectivity index (χ3v) is 5.97. The normalized spacial score (nSPS) is 13.9. The monoisotopic (exact) mass is 468 g/mol. The van der Waals surface area contributed by atoms with Crippen LogP contribution in [0.4, 0.5) is 17.1 Å². The van der Waals surface area contributed by atoms with Crippen molar-refractivity contribution in [2.24, 2.45) is 0 Å². The van der Waals surface area contributed by atoms with Crippen molar-refractivity contribution < 1.29 is 9.59 Å². The number of hydrogen-bond donors (Lipinski definition) is 2. The largest absolute Gasteiger partial charge is 0.354 e. The first-order chi connectivity index (χ1) is 17.0. The van der Waals surface area contributed by atoms with E-state index in [1.807, 2.05) is 105 Å². The van der Waals surface area contributed by atoms with Gasteiger partial charge in [-0.1, -0.05) is 55.5 Å². The number of fused-ring (bicyclic) bond motifs is 1. The Morgan fingerprint density at radius 1 is 0.886 bits per heavy atom. The topological polar surface area (TPSA) is 64.7 Å². The van der Waals surface area contributed by atoms with Crippen molar-refractivity contribution in [2.45, 2.75) is 19.8 Å². The Morgan fingerprint density at radius 2 is 1.57 bits per heavy atom. The molecule has 2 amide bonds. The predicted molar refractivity (Wildman–Crippen MR) is 144 cm³/mol. The summed E-state index contributed by atoms with van der Waals surface area (Å²) in [7, 11) is 4.01. The molecule has 6 heteroatoms. The van der Waals surface area contributed by atoms with Crippen LogP contribution in [0.15, 0.2) is 78.9 Å². The van der Waals surface area contributed by atoms with Crippen LogP contribution in [0.1, 0.15) is 30.9 Å². The molecule has 0 fully saturated rings. The van der Waals surface area contributed by atoms with E-state index in [9.17, 15) is 9.59 Å². The third kappa shape index (κ3) is 5.61. The summed E-state index contributed by atoms with van der Waals surface area (Å²) in [5, 5.41) is 6.46. The number of carbonyl (C=O) groups excluding carboxylic acids is 2. The minimum absolute atomic E-state index is 0.126. The fraction of sp³-hybridized carbons (Fsp3) is 0.241. The fourth-order valence-corrected chi connectivity index (χ4v) is 4.16. The molecule has 1 aliphatic rings. The van der Waals surface area contributed by atoms with Gasteiger partial charge in [-0.15, -0.1) is 0 Å². The maximum atomic E-state index is 13.0. The molecule has 0 spiro atoms. The van der Waals surface area contributed by atoms with E-state index >= 15 is 0 Å². The maximum absolute atomic E-state index is 13.0. The van der Waals surface area contributed by atoms with Gasteiger partial charge in [-0.25, -0.2) is 0 Å². The van der Waals surface area contributed by atoms with Gasteiger partial charge in [-0.3, -0.25) is 9.59 Å². The van der Waals surface area contributed by atoms with Crippen LogP contribution in [-0.2, 0) is 9.59 Å². The lowest BCUT2D eigenvalue weighted by molar-refractivity contribution is -0.118. The van der Waals surface area contributed by atoms with Crippen LogP contribution in [0.3, 0.4) is 0 Å². The number of amides is 2. The highest BCUT2D eigenvalue weighted by Gasteiger charge is 2.28. The van der Waals surface area contributed by atoms with Crippen molar-refractivity contribution in [3.8, 4) is 0 Å². The molecule has 1 heterocycles. The van der Waals surface area contributed by atoms with Gasteiger partial charge in [0, 0.05) is 42.1 Å². The molecule has 2 N–H and O–H groups in total. The summed E-state index contributed by atoms with van der Waals surface area (Å²) < 4.78 is 0. The van der Waals surface area contributed by atoms with Crippen molar-refractivity contribution in [1.29, 1.82) is 0 Å². The number of nitrogens with one attached hydrogen (secondary N) is 2. The maximum Gasteiger partial charge on any atom is 0.258 e. The zero-order valence-corrected chi connectivity index (χ0v) is 20.5. The molecule has 1 aliphatic heterocycles. The van der Waals surface area contributed by atoms with Crippen molar-refractivity contribution in [3.63, 3.8) is 0 Å². The second-order valence-electron chi connectivity index (χ2n) is 8.89. The second-order valence-corrected chi connectivity index (χ2v) is 8.89. The minimum atomic E-state index is -0.130. The molecule has 0 radical (unpaired) electrons.